The molecule has 0 radical (unpaired) electrons. The highest BCUT2D eigenvalue weighted by atomic mass is 16.5. The lowest BCUT2D eigenvalue weighted by Crippen LogP contribution is -2.29. The van der Waals surface area contributed by atoms with Crippen LogP contribution >= 0.6 is 0 Å². The van der Waals surface area contributed by atoms with Crippen LogP contribution in [0.2, 0.25) is 0 Å². The molecule has 0 unspecified atom stereocenters. The molecular weight excluding hydrogens is 546 g/mol. The van der Waals surface area contributed by atoms with E-state index in [2.05, 4.69) is 47.2 Å². The van der Waals surface area contributed by atoms with Crippen LogP contribution in [0, 0.1) is 13.8 Å². The van der Waals surface area contributed by atoms with Crippen LogP contribution in [0.15, 0.2) is 42.2 Å². The molecule has 0 aliphatic carbocycles. The summed E-state index contributed by atoms with van der Waals surface area (Å²) in [4.78, 5) is 27.0. The lowest BCUT2D eigenvalue weighted by Gasteiger charge is -2.15. The number of aromatic nitrogens is 3. The van der Waals surface area contributed by atoms with Crippen molar-refractivity contribution in [3.05, 3.63) is 70.2 Å². The van der Waals surface area contributed by atoms with Gasteiger partial charge in [0.25, 0.3) is 0 Å². The number of carbonyl (C=O) groups excluding carboxylic acids is 2. The second-order valence-corrected chi connectivity index (χ2v) is 11.0. The van der Waals surface area contributed by atoms with E-state index in [1.807, 2.05) is 36.9 Å². The van der Waals surface area contributed by atoms with Gasteiger partial charge in [0.2, 0.25) is 5.78 Å². The fraction of sp³-hybridized carbons (Fsp3) is 0.344. The van der Waals surface area contributed by atoms with E-state index in [9.17, 15) is 9.59 Å². The number of Topliss-reactive ketones (excluding diaryl/α,β-unsaturated/α-hetero) is 1. The number of nitrogens with zero attached hydrogens (tertiary/aromatic N) is 4. The number of hydrogen-bond acceptors (Lipinski definition) is 7. The van der Waals surface area contributed by atoms with Gasteiger partial charge in [-0.3, -0.25) is 9.48 Å². The number of hydrogen-bond donors (Lipinski definition) is 3. The maximum atomic E-state index is 13.7. The van der Waals surface area contributed by atoms with Gasteiger partial charge >= 0.3 is 6.03 Å². The Kier molecular flexibility index (Phi) is 8.56. The van der Waals surface area contributed by atoms with Crippen LogP contribution < -0.4 is 25.8 Å². The van der Waals surface area contributed by atoms with Crippen molar-refractivity contribution in [2.75, 3.05) is 40.8 Å². The molecule has 2 aromatic carbocycles. The van der Waals surface area contributed by atoms with E-state index < -0.39 is 6.03 Å². The smallest absolute Gasteiger partial charge is 0.312 e. The highest BCUT2D eigenvalue weighted by molar-refractivity contribution is 6.16. The number of nitrogens with two attached hydrogens (primary N) is 1. The maximum absolute atomic E-state index is 13.7. The molecule has 0 bridgehead atoms. The zero-order chi connectivity index (χ0) is 30.8. The number of nitrogens with one attached hydrogen (secondary N) is 2. The molecule has 1 aliphatic rings. The average molecular weight is 586 g/mol. The van der Waals surface area contributed by atoms with E-state index in [-0.39, 0.29) is 18.1 Å². The molecule has 11 heteroatoms. The summed E-state index contributed by atoms with van der Waals surface area (Å²) >= 11 is 0. The summed E-state index contributed by atoms with van der Waals surface area (Å²) in [5.41, 5.74) is 12.2. The Morgan fingerprint density at radius 1 is 1.16 bits per heavy atom. The summed E-state index contributed by atoms with van der Waals surface area (Å²) in [6, 6.07) is 10.7. The van der Waals surface area contributed by atoms with Gasteiger partial charge in [-0.05, 0) is 69.9 Å². The zero-order valence-corrected chi connectivity index (χ0v) is 25.6. The lowest BCUT2D eigenvalue weighted by molar-refractivity contribution is 0.101. The molecule has 4 N–H and O–H groups in total. The Bertz CT molecular complexity index is 1730. The van der Waals surface area contributed by atoms with Gasteiger partial charge in [0.05, 0.1) is 24.1 Å². The number of ether oxygens (including phenoxy) is 2. The lowest BCUT2D eigenvalue weighted by atomic mass is 10.0. The van der Waals surface area contributed by atoms with Crippen LogP contribution in [0.3, 0.4) is 0 Å². The van der Waals surface area contributed by atoms with Crippen molar-refractivity contribution in [2.45, 2.75) is 26.9 Å². The molecule has 11 nitrogen and oxygen atoms in total. The maximum Gasteiger partial charge on any atom is 0.312 e. The van der Waals surface area contributed by atoms with E-state index in [1.54, 1.807) is 25.3 Å². The first-order valence-corrected chi connectivity index (χ1v) is 14.3. The van der Waals surface area contributed by atoms with Crippen LogP contribution in [-0.2, 0) is 20.1 Å². The van der Waals surface area contributed by atoms with Crippen LogP contribution in [0.4, 0.5) is 4.79 Å². The molecular formula is C32H39N7O4. The average Bonchev–Trinajstić information content (AvgIpc) is 3.54. The quantitative estimate of drug-likeness (QED) is 0.181. The van der Waals surface area contributed by atoms with Crippen LogP contribution in [-0.4, -0.2) is 71.9 Å². The standard InChI is InChI=1S/C32H39N7O4/c1-19-29(20(2)38(5)36-19)30-24(17-28-31(40)25-15-21(18-35-32(33)41)7-10-27(25)43-28)23-16-22(42-6)8-9-26(23)39(30)14-12-34-11-13-37(3)4/h7-10,15-17,34H,11-14,18H2,1-6H3,(H3,33,35,41). The van der Waals surface area contributed by atoms with Crippen molar-refractivity contribution in [3.8, 4) is 22.8 Å². The first kappa shape index (κ1) is 29.9. The molecule has 0 atom stereocenters. The second-order valence-electron chi connectivity index (χ2n) is 11.0. The summed E-state index contributed by atoms with van der Waals surface area (Å²) in [6.07, 6.45) is 1.84. The number of methoxy groups -OCH3 is 1. The normalized spacial score (nSPS) is 13.7. The van der Waals surface area contributed by atoms with Gasteiger partial charge in [0, 0.05) is 67.5 Å². The molecule has 4 aromatic rings. The van der Waals surface area contributed by atoms with E-state index in [1.165, 1.54) is 0 Å². The molecule has 0 saturated heterocycles. The number of rotatable bonds is 11. The highest BCUT2D eigenvalue weighted by Crippen LogP contribution is 2.41. The minimum atomic E-state index is -0.628. The Hall–Kier alpha value is -4.61. The van der Waals surface area contributed by atoms with Crippen LogP contribution in [0.5, 0.6) is 11.5 Å². The van der Waals surface area contributed by atoms with Gasteiger partial charge < -0.3 is 35.3 Å². The van der Waals surface area contributed by atoms with Gasteiger partial charge in [-0.1, -0.05) is 6.07 Å². The number of amides is 2. The predicted octanol–water partition coefficient (Wildman–Crippen LogP) is 3.60. The molecule has 43 heavy (non-hydrogen) atoms. The largest absolute Gasteiger partial charge is 0.497 e. The number of primary amides is 1. The van der Waals surface area contributed by atoms with Gasteiger partial charge in [-0.25, -0.2) is 4.79 Å². The number of urea groups is 1. The van der Waals surface area contributed by atoms with E-state index in [0.717, 1.165) is 64.3 Å². The Labute approximate surface area is 251 Å². The molecule has 5 rings (SSSR count). The third kappa shape index (κ3) is 5.99. The molecule has 0 saturated carbocycles. The minimum Gasteiger partial charge on any atom is -0.497 e. The number of fused-ring (bicyclic) bond motifs is 2. The summed E-state index contributed by atoms with van der Waals surface area (Å²) in [7, 11) is 7.70. The van der Waals surface area contributed by atoms with Crippen molar-refractivity contribution >= 4 is 28.8 Å². The molecule has 3 heterocycles. The van der Waals surface area contributed by atoms with Gasteiger partial charge in [0.15, 0.2) is 5.76 Å². The number of allylic oxidation sites excluding steroid dienone is 1. The van der Waals surface area contributed by atoms with Gasteiger partial charge in [0.1, 0.15) is 11.5 Å². The van der Waals surface area contributed by atoms with Crippen molar-refractivity contribution in [1.82, 2.24) is 29.9 Å². The van der Waals surface area contributed by atoms with Crippen molar-refractivity contribution in [1.29, 1.82) is 0 Å². The van der Waals surface area contributed by atoms with Crippen molar-refractivity contribution in [3.63, 3.8) is 0 Å². The van der Waals surface area contributed by atoms with E-state index in [4.69, 9.17) is 20.3 Å². The number of likely N-dealkylation sites (N-methyl/N-ethyl adjacent to an activating group) is 1. The third-order valence-electron chi connectivity index (χ3n) is 7.78. The summed E-state index contributed by atoms with van der Waals surface area (Å²) in [5, 5.41) is 11.8. The number of aryl methyl sites for hydroxylation is 2. The Balaban J connectivity index is 1.64. The van der Waals surface area contributed by atoms with Gasteiger partial charge in [-0.2, -0.15) is 5.10 Å². The zero-order valence-electron chi connectivity index (χ0n) is 25.6. The monoisotopic (exact) mass is 585 g/mol. The van der Waals surface area contributed by atoms with Crippen LogP contribution in [0.1, 0.15) is 32.9 Å². The molecule has 2 amide bonds. The highest BCUT2D eigenvalue weighted by Gasteiger charge is 2.30. The SMILES string of the molecule is COc1ccc2c(c1)c(C=C1Oc3ccc(CNC(N)=O)cc3C1=O)c(-c1c(C)nn(C)c1C)n2CCNCCN(C)C. The van der Waals surface area contributed by atoms with Gasteiger partial charge in [-0.15, -0.1) is 0 Å². The Morgan fingerprint density at radius 2 is 1.95 bits per heavy atom. The molecule has 2 aromatic heterocycles. The fourth-order valence-corrected chi connectivity index (χ4v) is 5.54. The number of ketones is 1. The van der Waals surface area contributed by atoms with E-state index in [0.29, 0.717) is 23.6 Å². The molecule has 226 valence electrons. The van der Waals surface area contributed by atoms with Crippen LogP contribution in [0.25, 0.3) is 28.2 Å². The number of carbonyl (C=O) groups is 2. The first-order valence-electron chi connectivity index (χ1n) is 14.3. The first-order chi connectivity index (χ1) is 20.6. The summed E-state index contributed by atoms with van der Waals surface area (Å²) < 4.78 is 15.9. The van der Waals surface area contributed by atoms with Crippen molar-refractivity contribution in [2.24, 2.45) is 12.8 Å². The third-order valence-corrected chi connectivity index (χ3v) is 7.78. The number of benzene rings is 2. The Morgan fingerprint density at radius 3 is 2.63 bits per heavy atom. The summed E-state index contributed by atoms with van der Waals surface area (Å²) in [5.74, 6) is 1.19. The molecule has 0 fully saturated rings. The summed E-state index contributed by atoms with van der Waals surface area (Å²) in [6.45, 7) is 7.55. The minimum absolute atomic E-state index is 0.217. The topological polar surface area (TPSA) is 129 Å². The van der Waals surface area contributed by atoms with E-state index >= 15 is 0 Å². The molecule has 1 aliphatic heterocycles. The fourth-order valence-electron chi connectivity index (χ4n) is 5.54. The van der Waals surface area contributed by atoms with Crippen molar-refractivity contribution < 1.29 is 19.1 Å². The second kappa shape index (κ2) is 12.3. The predicted molar refractivity (Wildman–Crippen MR) is 167 cm³/mol. The molecule has 0 spiro atoms.